The summed E-state index contributed by atoms with van der Waals surface area (Å²) in [5.74, 6) is 0.0611. The Morgan fingerprint density at radius 3 is 2.52 bits per heavy atom. The molecule has 2 N–H and O–H groups in total. The molecule has 116 valence electrons. The van der Waals surface area contributed by atoms with Crippen LogP contribution in [0.5, 0.6) is 5.75 Å². The van der Waals surface area contributed by atoms with Crippen LogP contribution < -0.4 is 0 Å². The first-order valence-corrected chi connectivity index (χ1v) is 7.44. The van der Waals surface area contributed by atoms with E-state index in [0.29, 0.717) is 5.69 Å². The molecule has 4 nitrogen and oxygen atoms in total. The highest BCUT2D eigenvalue weighted by Crippen LogP contribution is 2.35. The molecule has 0 amide bonds. The summed E-state index contributed by atoms with van der Waals surface area (Å²) in [6, 6.07) is 13.8. The molecule has 0 saturated heterocycles. The lowest BCUT2D eigenvalue weighted by Crippen LogP contribution is -2.37. The summed E-state index contributed by atoms with van der Waals surface area (Å²) in [5, 5.41) is 29.3. The quantitative estimate of drug-likeness (QED) is 0.836. The molecule has 0 heterocycles. The van der Waals surface area contributed by atoms with Gasteiger partial charge in [0.25, 0.3) is 0 Å². The minimum Gasteiger partial charge on any atom is -0.506 e. The summed E-state index contributed by atoms with van der Waals surface area (Å²) in [5.41, 5.74) is 0.899. The summed E-state index contributed by atoms with van der Waals surface area (Å²) in [6.45, 7) is 1.96. The number of allylic oxidation sites excluding steroid dienone is 2. The first-order valence-electron chi connectivity index (χ1n) is 7.44. The van der Waals surface area contributed by atoms with Crippen molar-refractivity contribution in [3.05, 3.63) is 84.0 Å². The normalized spacial score (nSPS) is 23.5. The minimum atomic E-state index is -1.26. The lowest BCUT2D eigenvalue weighted by molar-refractivity contribution is 0.0722. The Kier molecular flexibility index (Phi) is 4.08. The number of hydrogen-bond acceptors (Lipinski definition) is 4. The van der Waals surface area contributed by atoms with Gasteiger partial charge in [-0.2, -0.15) is 10.2 Å². The Balaban J connectivity index is 1.97. The number of phenolic OH excluding ortho intramolecular Hbond substituents is 1. The number of aryl methyl sites for hydroxylation is 1. The van der Waals surface area contributed by atoms with Crippen LogP contribution in [-0.4, -0.2) is 16.3 Å². The number of nitrogens with zero attached hydrogens (tertiary/aromatic N) is 2. The average molecular weight is 306 g/mol. The van der Waals surface area contributed by atoms with E-state index in [-0.39, 0.29) is 5.75 Å². The van der Waals surface area contributed by atoms with E-state index in [4.69, 9.17) is 0 Å². The third-order valence-electron chi connectivity index (χ3n) is 3.95. The molecule has 0 radical (unpaired) electrons. The lowest BCUT2D eigenvalue weighted by atomic mass is 9.81. The molecule has 4 heteroatoms. The maximum Gasteiger partial charge on any atom is 0.143 e. The summed E-state index contributed by atoms with van der Waals surface area (Å²) >= 11 is 0. The predicted octanol–water partition coefficient (Wildman–Crippen LogP) is 4.17. The zero-order chi connectivity index (χ0) is 16.3. The fourth-order valence-corrected chi connectivity index (χ4v) is 2.69. The first-order chi connectivity index (χ1) is 11.1. The van der Waals surface area contributed by atoms with Crippen LogP contribution in [0, 0.1) is 6.92 Å². The van der Waals surface area contributed by atoms with Crippen LogP contribution in [0.1, 0.15) is 11.1 Å². The molecule has 23 heavy (non-hydrogen) atoms. The number of aromatic hydroxyl groups is 1. The number of rotatable bonds is 3. The number of hydrogen-bond donors (Lipinski definition) is 2. The topological polar surface area (TPSA) is 65.2 Å². The van der Waals surface area contributed by atoms with E-state index < -0.39 is 11.6 Å². The first kappa shape index (κ1) is 15.2. The van der Waals surface area contributed by atoms with Gasteiger partial charge in [-0.05, 0) is 36.3 Å². The summed E-state index contributed by atoms with van der Waals surface area (Å²) in [6.07, 6.45) is 7.17. The molecule has 0 saturated carbocycles. The second kappa shape index (κ2) is 6.18. The third-order valence-corrected chi connectivity index (χ3v) is 3.95. The molecule has 0 bridgehead atoms. The average Bonchev–Trinajstić information content (AvgIpc) is 2.56. The van der Waals surface area contributed by atoms with Gasteiger partial charge in [0.1, 0.15) is 23.1 Å². The maximum atomic E-state index is 11.2. The number of para-hydroxylation sites is 1. The second-order valence-corrected chi connectivity index (χ2v) is 5.53. The van der Waals surface area contributed by atoms with Gasteiger partial charge in [-0.1, -0.05) is 54.6 Å². The highest BCUT2D eigenvalue weighted by atomic mass is 16.3. The standard InChI is InChI=1S/C19H18N2O2/c1-14-8-2-3-9-15(14)19(23)13-7-6-12-18(19)21-20-16-10-4-5-11-17(16)22/h2-13,18,22-23H,1H3. The highest BCUT2D eigenvalue weighted by Gasteiger charge is 2.37. The largest absolute Gasteiger partial charge is 0.506 e. The van der Waals surface area contributed by atoms with Crippen molar-refractivity contribution in [1.29, 1.82) is 0 Å². The Bertz CT molecular complexity index is 795. The van der Waals surface area contributed by atoms with Crippen molar-refractivity contribution in [3.8, 4) is 5.75 Å². The molecular formula is C19H18N2O2. The van der Waals surface area contributed by atoms with Crippen LogP contribution in [0.15, 0.2) is 83.1 Å². The maximum absolute atomic E-state index is 11.2. The van der Waals surface area contributed by atoms with Crippen molar-refractivity contribution >= 4 is 5.69 Å². The minimum absolute atomic E-state index is 0.0611. The monoisotopic (exact) mass is 306 g/mol. The van der Waals surface area contributed by atoms with Gasteiger partial charge >= 0.3 is 0 Å². The Labute approximate surface area is 135 Å². The van der Waals surface area contributed by atoms with Gasteiger partial charge in [-0.25, -0.2) is 0 Å². The van der Waals surface area contributed by atoms with Gasteiger partial charge in [0.05, 0.1) is 0 Å². The van der Waals surface area contributed by atoms with Gasteiger partial charge in [0.2, 0.25) is 0 Å². The third kappa shape index (κ3) is 2.94. The molecular weight excluding hydrogens is 288 g/mol. The second-order valence-electron chi connectivity index (χ2n) is 5.53. The summed E-state index contributed by atoms with van der Waals surface area (Å²) < 4.78 is 0. The SMILES string of the molecule is Cc1ccccc1C1(O)C=CC=CC1N=Nc1ccccc1O. The van der Waals surface area contributed by atoms with E-state index in [0.717, 1.165) is 11.1 Å². The van der Waals surface area contributed by atoms with Crippen molar-refractivity contribution in [1.82, 2.24) is 0 Å². The van der Waals surface area contributed by atoms with Gasteiger partial charge in [-0.15, -0.1) is 0 Å². The van der Waals surface area contributed by atoms with E-state index >= 15 is 0 Å². The lowest BCUT2D eigenvalue weighted by Gasteiger charge is -2.32. The van der Waals surface area contributed by atoms with Crippen molar-refractivity contribution < 1.29 is 10.2 Å². The van der Waals surface area contributed by atoms with Gasteiger partial charge in [0.15, 0.2) is 0 Å². The van der Waals surface area contributed by atoms with Crippen LogP contribution >= 0.6 is 0 Å². The molecule has 2 unspecified atom stereocenters. The smallest absolute Gasteiger partial charge is 0.143 e. The highest BCUT2D eigenvalue weighted by molar-refractivity contribution is 5.49. The van der Waals surface area contributed by atoms with Crippen molar-refractivity contribution in [2.75, 3.05) is 0 Å². The molecule has 0 aromatic heterocycles. The molecule has 0 fully saturated rings. The van der Waals surface area contributed by atoms with Gasteiger partial charge in [-0.3, -0.25) is 0 Å². The Hall–Kier alpha value is -2.72. The number of benzene rings is 2. The predicted molar refractivity (Wildman–Crippen MR) is 89.8 cm³/mol. The molecule has 0 aliphatic heterocycles. The number of azo groups is 1. The molecule has 2 atom stereocenters. The number of phenols is 1. The van der Waals surface area contributed by atoms with Crippen LogP contribution in [0.2, 0.25) is 0 Å². The molecule has 2 aromatic carbocycles. The number of aliphatic hydroxyl groups is 1. The van der Waals surface area contributed by atoms with E-state index in [1.165, 1.54) is 0 Å². The Morgan fingerprint density at radius 1 is 1.00 bits per heavy atom. The molecule has 3 rings (SSSR count). The zero-order valence-electron chi connectivity index (χ0n) is 12.8. The summed E-state index contributed by atoms with van der Waals surface area (Å²) in [4.78, 5) is 0. The molecule has 0 spiro atoms. The fraction of sp³-hybridized carbons (Fsp3) is 0.158. The fourth-order valence-electron chi connectivity index (χ4n) is 2.69. The van der Waals surface area contributed by atoms with Gasteiger partial charge in [0, 0.05) is 0 Å². The van der Waals surface area contributed by atoms with Crippen molar-refractivity contribution in [3.63, 3.8) is 0 Å². The Morgan fingerprint density at radius 2 is 1.74 bits per heavy atom. The van der Waals surface area contributed by atoms with Gasteiger partial charge < -0.3 is 10.2 Å². The molecule has 1 aliphatic rings. The van der Waals surface area contributed by atoms with Crippen LogP contribution in [0.4, 0.5) is 5.69 Å². The zero-order valence-corrected chi connectivity index (χ0v) is 12.8. The summed E-state index contributed by atoms with van der Waals surface area (Å²) in [7, 11) is 0. The molecule has 2 aromatic rings. The van der Waals surface area contributed by atoms with E-state index in [2.05, 4.69) is 10.2 Å². The van der Waals surface area contributed by atoms with Crippen molar-refractivity contribution in [2.24, 2.45) is 10.2 Å². The van der Waals surface area contributed by atoms with Crippen LogP contribution in [0.3, 0.4) is 0 Å². The van der Waals surface area contributed by atoms with Crippen LogP contribution in [0.25, 0.3) is 0 Å². The van der Waals surface area contributed by atoms with Crippen molar-refractivity contribution in [2.45, 2.75) is 18.6 Å². The van der Waals surface area contributed by atoms with E-state index in [1.54, 1.807) is 42.5 Å². The van der Waals surface area contributed by atoms with Crippen LogP contribution in [-0.2, 0) is 5.60 Å². The van der Waals surface area contributed by atoms with E-state index in [9.17, 15) is 10.2 Å². The van der Waals surface area contributed by atoms with E-state index in [1.807, 2.05) is 37.3 Å². The molecule has 1 aliphatic carbocycles.